The standard InChI is InChI=1S/C20H24N2O2/c1-10-18-12-7-17-19-13(11-5-3-4-6-15(11)21(19)2)8-16(14(12)9-24-10)22(17)20(18)23/h3-6,10,12,14,16-18,20,23H,7-9H2,1-2H3/t10-,12+,14+,16-,17-,18+,20+/m0/s1. The number of ether oxygens (including phenoxy) is 1. The van der Waals surface area contributed by atoms with Gasteiger partial charge in [0.2, 0.25) is 0 Å². The van der Waals surface area contributed by atoms with Gasteiger partial charge in [0.05, 0.1) is 18.8 Å². The maximum Gasteiger partial charge on any atom is 0.113 e. The van der Waals surface area contributed by atoms with Crippen LogP contribution in [0.15, 0.2) is 24.3 Å². The molecule has 24 heavy (non-hydrogen) atoms. The van der Waals surface area contributed by atoms with Crippen LogP contribution in [0.3, 0.4) is 0 Å². The van der Waals surface area contributed by atoms with Crippen LogP contribution in [0, 0.1) is 17.8 Å². The van der Waals surface area contributed by atoms with Crippen molar-refractivity contribution in [3.05, 3.63) is 35.5 Å². The van der Waals surface area contributed by atoms with E-state index in [1.54, 1.807) is 0 Å². The Hall–Kier alpha value is -1.36. The van der Waals surface area contributed by atoms with E-state index in [1.807, 2.05) is 0 Å². The average Bonchev–Trinajstić information content (AvgIpc) is 2.87. The van der Waals surface area contributed by atoms with E-state index in [0.717, 1.165) is 13.0 Å². The third-order valence-electron chi connectivity index (χ3n) is 7.51. The molecule has 1 unspecified atom stereocenters. The third kappa shape index (κ3) is 1.43. The van der Waals surface area contributed by atoms with Crippen molar-refractivity contribution in [1.82, 2.24) is 9.47 Å². The summed E-state index contributed by atoms with van der Waals surface area (Å²) in [4.78, 5) is 2.45. The molecular formula is C20H24N2O2. The second kappa shape index (κ2) is 4.43. The van der Waals surface area contributed by atoms with E-state index < -0.39 is 0 Å². The molecule has 4 heteroatoms. The average molecular weight is 324 g/mol. The van der Waals surface area contributed by atoms with Crippen LogP contribution in [0.4, 0.5) is 0 Å². The highest BCUT2D eigenvalue weighted by Gasteiger charge is 2.61. The Morgan fingerprint density at radius 3 is 2.92 bits per heavy atom. The summed E-state index contributed by atoms with van der Waals surface area (Å²) in [5.41, 5.74) is 4.29. The summed E-state index contributed by atoms with van der Waals surface area (Å²) in [6.45, 7) is 3.01. The highest BCUT2D eigenvalue weighted by Crippen LogP contribution is 2.58. The summed E-state index contributed by atoms with van der Waals surface area (Å²) in [6.07, 6.45) is 2.05. The molecule has 6 heterocycles. The Kier molecular flexibility index (Phi) is 2.56. The lowest BCUT2D eigenvalue weighted by atomic mass is 9.59. The molecule has 2 aromatic rings. The monoisotopic (exact) mass is 324 g/mol. The van der Waals surface area contributed by atoms with Crippen LogP contribution >= 0.6 is 0 Å². The number of hydrogen-bond donors (Lipinski definition) is 1. The quantitative estimate of drug-likeness (QED) is 0.809. The molecule has 0 saturated carbocycles. The fraction of sp³-hybridized carbons (Fsp3) is 0.600. The molecule has 5 aliphatic rings. The fourth-order valence-electron chi connectivity index (χ4n) is 6.58. The van der Waals surface area contributed by atoms with Gasteiger partial charge >= 0.3 is 0 Å². The summed E-state index contributed by atoms with van der Waals surface area (Å²) >= 11 is 0. The number of nitrogens with zero attached hydrogens (tertiary/aromatic N) is 2. The number of aryl methyl sites for hydroxylation is 1. The molecule has 126 valence electrons. The first-order valence-corrected chi connectivity index (χ1v) is 9.30. The van der Waals surface area contributed by atoms with Crippen LogP contribution in [0.1, 0.15) is 30.6 Å². The number of aromatic nitrogens is 1. The molecule has 4 saturated heterocycles. The van der Waals surface area contributed by atoms with E-state index in [4.69, 9.17) is 4.74 Å². The molecule has 0 amide bonds. The lowest BCUT2D eigenvalue weighted by molar-refractivity contribution is -0.275. The molecule has 6 bridgehead atoms. The highest BCUT2D eigenvalue weighted by atomic mass is 16.5. The van der Waals surface area contributed by atoms with E-state index in [2.05, 4.69) is 47.7 Å². The molecule has 0 radical (unpaired) electrons. The van der Waals surface area contributed by atoms with Crippen molar-refractivity contribution in [2.24, 2.45) is 24.8 Å². The first-order valence-electron chi connectivity index (χ1n) is 9.30. The molecular weight excluding hydrogens is 300 g/mol. The molecule has 1 aromatic heterocycles. The van der Waals surface area contributed by atoms with E-state index in [0.29, 0.717) is 23.9 Å². The number of piperidine rings is 3. The van der Waals surface area contributed by atoms with Crippen LogP contribution in [0.2, 0.25) is 0 Å². The minimum absolute atomic E-state index is 0.178. The van der Waals surface area contributed by atoms with Crippen molar-refractivity contribution in [3.63, 3.8) is 0 Å². The molecule has 1 N–H and O–H groups in total. The summed E-state index contributed by atoms with van der Waals surface area (Å²) in [6, 6.07) is 9.58. The van der Waals surface area contributed by atoms with E-state index in [1.165, 1.54) is 28.6 Å². The van der Waals surface area contributed by atoms with Gasteiger partial charge in [0.1, 0.15) is 6.23 Å². The number of hydrogen-bond acceptors (Lipinski definition) is 3. The smallest absolute Gasteiger partial charge is 0.113 e. The van der Waals surface area contributed by atoms with E-state index in [-0.39, 0.29) is 18.2 Å². The SMILES string of the molecule is C[C@@H]1OC[C@@H]2[C@H]3C[C@H]4c5c(c6ccccc6n5C)C[C@@H]2N4[C@H](O)[C@@H]31. The lowest BCUT2D eigenvalue weighted by Crippen LogP contribution is -2.71. The van der Waals surface area contributed by atoms with Crippen molar-refractivity contribution in [3.8, 4) is 0 Å². The van der Waals surface area contributed by atoms with Gasteiger partial charge in [-0.1, -0.05) is 18.2 Å². The molecule has 1 aromatic carbocycles. The van der Waals surface area contributed by atoms with Gasteiger partial charge in [-0.15, -0.1) is 0 Å². The number of aliphatic hydroxyl groups excluding tert-OH is 1. The van der Waals surface area contributed by atoms with Crippen molar-refractivity contribution in [2.75, 3.05) is 6.61 Å². The number of rotatable bonds is 0. The second-order valence-corrected chi connectivity index (χ2v) is 8.27. The topological polar surface area (TPSA) is 37.6 Å². The molecule has 0 spiro atoms. The van der Waals surface area contributed by atoms with Gasteiger partial charge in [-0.25, -0.2) is 0 Å². The van der Waals surface area contributed by atoms with E-state index in [9.17, 15) is 5.11 Å². The first-order chi connectivity index (χ1) is 11.7. The molecule has 5 aliphatic heterocycles. The third-order valence-corrected chi connectivity index (χ3v) is 7.51. The Morgan fingerprint density at radius 2 is 2.04 bits per heavy atom. The molecule has 7 rings (SSSR count). The number of benzene rings is 1. The minimum Gasteiger partial charge on any atom is -0.378 e. The van der Waals surface area contributed by atoms with Crippen LogP contribution in [0.5, 0.6) is 0 Å². The van der Waals surface area contributed by atoms with Gasteiger partial charge < -0.3 is 14.4 Å². The van der Waals surface area contributed by atoms with Crippen LogP contribution in [0.25, 0.3) is 10.9 Å². The maximum absolute atomic E-state index is 11.1. The normalized spacial score (nSPS) is 45.5. The molecule has 4 nitrogen and oxygen atoms in total. The second-order valence-electron chi connectivity index (χ2n) is 8.27. The van der Waals surface area contributed by atoms with Gasteiger partial charge in [0, 0.05) is 41.5 Å². The zero-order valence-electron chi connectivity index (χ0n) is 14.2. The molecule has 8 atom stereocenters. The Balaban J connectivity index is 1.57. The van der Waals surface area contributed by atoms with E-state index >= 15 is 0 Å². The fourth-order valence-corrected chi connectivity index (χ4v) is 6.58. The van der Waals surface area contributed by atoms with Crippen molar-refractivity contribution in [1.29, 1.82) is 0 Å². The van der Waals surface area contributed by atoms with Gasteiger partial charge in [-0.2, -0.15) is 0 Å². The van der Waals surface area contributed by atoms with Crippen molar-refractivity contribution < 1.29 is 9.84 Å². The highest BCUT2D eigenvalue weighted by molar-refractivity contribution is 5.86. The zero-order chi connectivity index (χ0) is 16.2. The molecule has 0 aliphatic carbocycles. The van der Waals surface area contributed by atoms with Crippen molar-refractivity contribution in [2.45, 2.75) is 44.2 Å². The Bertz CT molecular complexity index is 844. The maximum atomic E-state index is 11.1. The summed E-state index contributed by atoms with van der Waals surface area (Å²) in [5, 5.41) is 12.5. The van der Waals surface area contributed by atoms with Crippen molar-refractivity contribution >= 4 is 10.9 Å². The molecule has 4 fully saturated rings. The number of fused-ring (bicyclic) bond motifs is 3. The predicted octanol–water partition coefficient (Wildman–Crippen LogP) is 2.45. The van der Waals surface area contributed by atoms with Gasteiger partial charge in [0.25, 0.3) is 0 Å². The van der Waals surface area contributed by atoms with Crippen LogP contribution in [-0.2, 0) is 18.2 Å². The lowest BCUT2D eigenvalue weighted by Gasteiger charge is -2.65. The number of aliphatic hydroxyl groups is 1. The largest absolute Gasteiger partial charge is 0.378 e. The predicted molar refractivity (Wildman–Crippen MR) is 91.5 cm³/mol. The minimum atomic E-state index is -0.350. The summed E-state index contributed by atoms with van der Waals surface area (Å²) in [7, 11) is 2.20. The number of para-hydroxylation sites is 1. The summed E-state index contributed by atoms with van der Waals surface area (Å²) in [5.74, 6) is 1.47. The summed E-state index contributed by atoms with van der Waals surface area (Å²) < 4.78 is 8.43. The van der Waals surface area contributed by atoms with Gasteiger partial charge in [0.15, 0.2) is 0 Å². The zero-order valence-corrected chi connectivity index (χ0v) is 14.2. The van der Waals surface area contributed by atoms with Crippen LogP contribution in [-0.4, -0.2) is 39.6 Å². The van der Waals surface area contributed by atoms with Gasteiger partial charge in [-0.05, 0) is 37.3 Å². The van der Waals surface area contributed by atoms with Crippen LogP contribution < -0.4 is 0 Å². The Labute approximate surface area is 142 Å². The van der Waals surface area contributed by atoms with Gasteiger partial charge in [-0.3, -0.25) is 4.90 Å². The Morgan fingerprint density at radius 1 is 1.21 bits per heavy atom. The first kappa shape index (κ1) is 13.9.